The van der Waals surface area contributed by atoms with Crippen LogP contribution >= 0.6 is 0 Å². The normalized spacial score (nSPS) is 11.0. The van der Waals surface area contributed by atoms with Gasteiger partial charge in [-0.15, -0.1) is 0 Å². The zero-order valence-electron chi connectivity index (χ0n) is 13.0. The Morgan fingerprint density at radius 2 is 1.52 bits per heavy atom. The number of pyridine rings is 1. The van der Waals surface area contributed by atoms with Crippen LogP contribution in [0.3, 0.4) is 0 Å². The first-order valence-electron chi connectivity index (χ1n) is 6.78. The van der Waals surface area contributed by atoms with Gasteiger partial charge in [0, 0.05) is 6.20 Å². The van der Waals surface area contributed by atoms with Crippen molar-refractivity contribution in [2.75, 3.05) is 18.0 Å². The topological polar surface area (TPSA) is 56.6 Å². The van der Waals surface area contributed by atoms with Gasteiger partial charge in [0.25, 0.3) is 0 Å². The molecule has 112 valence electrons. The summed E-state index contributed by atoms with van der Waals surface area (Å²) in [6.45, 7) is 7.36. The quantitative estimate of drug-likeness (QED) is 0.826. The maximum absolute atomic E-state index is 9.62. The fourth-order valence-electron chi connectivity index (χ4n) is 1.46. The van der Waals surface area contributed by atoms with Gasteiger partial charge in [-0.25, -0.2) is 4.98 Å². The molecule has 0 saturated heterocycles. The minimum Gasteiger partial charge on any atom is -0.378 e. The predicted molar refractivity (Wildman–Crippen MR) is 84.6 cm³/mol. The van der Waals surface area contributed by atoms with E-state index in [1.54, 1.807) is 33.9 Å². The minimum atomic E-state index is -1.02. The van der Waals surface area contributed by atoms with E-state index in [0.29, 0.717) is 13.1 Å². The summed E-state index contributed by atoms with van der Waals surface area (Å²) in [4.78, 5) is 6.16. The monoisotopic (exact) mass is 286 g/mol. The zero-order chi connectivity index (χ0) is 15.9. The lowest BCUT2D eigenvalue weighted by Crippen LogP contribution is -2.26. The van der Waals surface area contributed by atoms with Crippen molar-refractivity contribution in [2.24, 2.45) is 0 Å². The second kappa shape index (κ2) is 7.13. The molecule has 1 aromatic rings. The first-order chi connectivity index (χ1) is 9.67. The first kappa shape index (κ1) is 17.0. The van der Waals surface area contributed by atoms with Crippen LogP contribution in [0.5, 0.6) is 0 Å². The van der Waals surface area contributed by atoms with E-state index in [-0.39, 0.29) is 0 Å². The van der Waals surface area contributed by atoms with Gasteiger partial charge in [-0.05, 0) is 39.8 Å². The number of aliphatic hydroxyl groups is 2. The van der Waals surface area contributed by atoms with Crippen molar-refractivity contribution in [2.45, 2.75) is 38.9 Å². The van der Waals surface area contributed by atoms with Crippen LogP contribution in [0, 0.1) is 23.7 Å². The molecule has 1 heterocycles. The Balaban J connectivity index is 2.85. The van der Waals surface area contributed by atoms with Crippen molar-refractivity contribution >= 4 is 5.82 Å². The largest absolute Gasteiger partial charge is 0.378 e. The fourth-order valence-corrected chi connectivity index (χ4v) is 1.46. The molecule has 2 N–H and O–H groups in total. The highest BCUT2D eigenvalue weighted by atomic mass is 16.3. The Hall–Kier alpha value is -2.01. The summed E-state index contributed by atoms with van der Waals surface area (Å²) in [7, 11) is 0. The number of hydrogen-bond acceptors (Lipinski definition) is 4. The van der Waals surface area contributed by atoms with Gasteiger partial charge in [-0.2, -0.15) is 0 Å². The van der Waals surface area contributed by atoms with Crippen LogP contribution in [0.25, 0.3) is 0 Å². The first-order valence-corrected chi connectivity index (χ1v) is 6.78. The van der Waals surface area contributed by atoms with Crippen LogP contribution in [0.15, 0.2) is 24.4 Å². The van der Waals surface area contributed by atoms with E-state index < -0.39 is 11.2 Å². The highest BCUT2D eigenvalue weighted by Crippen LogP contribution is 2.08. The van der Waals surface area contributed by atoms with E-state index in [0.717, 1.165) is 5.82 Å². The molecule has 0 aliphatic rings. The molecule has 0 spiro atoms. The standard InChI is InChI=1S/C17H22N2O2/c1-16(2,20)10-7-13-19(14-8-11-17(3,4)21)15-9-5-6-12-18-15/h5-6,9,12,20-21H,13-14H2,1-4H3. The summed E-state index contributed by atoms with van der Waals surface area (Å²) in [6.07, 6.45) is 1.70. The molecule has 1 rings (SSSR count). The number of aromatic nitrogens is 1. The Morgan fingerprint density at radius 3 is 1.90 bits per heavy atom. The van der Waals surface area contributed by atoms with Gasteiger partial charge in [0.2, 0.25) is 0 Å². The van der Waals surface area contributed by atoms with E-state index in [2.05, 4.69) is 28.7 Å². The van der Waals surface area contributed by atoms with E-state index >= 15 is 0 Å². The predicted octanol–water partition coefficient (Wildman–Crippen LogP) is 1.44. The molecular formula is C17H22N2O2. The van der Waals surface area contributed by atoms with Crippen LogP contribution in [0.1, 0.15) is 27.7 Å². The van der Waals surface area contributed by atoms with Crippen LogP contribution < -0.4 is 4.90 Å². The maximum atomic E-state index is 9.62. The highest BCUT2D eigenvalue weighted by Gasteiger charge is 2.09. The number of anilines is 1. The summed E-state index contributed by atoms with van der Waals surface area (Å²) in [5.41, 5.74) is -2.04. The minimum absolute atomic E-state index is 0.404. The number of hydrogen-bond donors (Lipinski definition) is 2. The molecule has 1 aromatic heterocycles. The third kappa shape index (κ3) is 7.99. The Labute approximate surface area is 126 Å². The van der Waals surface area contributed by atoms with Gasteiger partial charge in [0.15, 0.2) is 0 Å². The molecule has 0 saturated carbocycles. The number of nitrogens with zero attached hydrogens (tertiary/aromatic N) is 2. The summed E-state index contributed by atoms with van der Waals surface area (Å²) >= 11 is 0. The van der Waals surface area contributed by atoms with Crippen molar-refractivity contribution in [3.05, 3.63) is 24.4 Å². The fraction of sp³-hybridized carbons (Fsp3) is 0.471. The van der Waals surface area contributed by atoms with Crippen molar-refractivity contribution < 1.29 is 10.2 Å². The van der Waals surface area contributed by atoms with Gasteiger partial charge < -0.3 is 15.1 Å². The summed E-state index contributed by atoms with van der Waals surface area (Å²) in [5, 5.41) is 19.2. The Bertz CT molecular complexity index is 527. The average Bonchev–Trinajstić information content (AvgIpc) is 2.35. The smallest absolute Gasteiger partial charge is 0.130 e. The van der Waals surface area contributed by atoms with Gasteiger partial charge in [0.05, 0.1) is 13.1 Å². The molecule has 0 bridgehead atoms. The molecule has 0 radical (unpaired) electrons. The lowest BCUT2D eigenvalue weighted by Gasteiger charge is -2.18. The SMILES string of the molecule is CC(C)(O)C#CCN(CC#CC(C)(C)O)c1ccccn1. The van der Waals surface area contributed by atoms with E-state index in [9.17, 15) is 10.2 Å². The third-order valence-electron chi connectivity index (χ3n) is 2.30. The molecule has 4 heteroatoms. The van der Waals surface area contributed by atoms with Crippen molar-refractivity contribution in [3.8, 4) is 23.7 Å². The summed E-state index contributed by atoms with van der Waals surface area (Å²) in [5.74, 6) is 12.1. The second-order valence-corrected chi connectivity index (χ2v) is 5.77. The molecule has 0 amide bonds. The van der Waals surface area contributed by atoms with Crippen molar-refractivity contribution in [1.29, 1.82) is 0 Å². The van der Waals surface area contributed by atoms with Crippen LogP contribution in [-0.4, -0.2) is 39.5 Å². The Kier molecular flexibility index (Phi) is 5.79. The molecule has 0 fully saturated rings. The lowest BCUT2D eigenvalue weighted by molar-refractivity contribution is 0.143. The molecule has 21 heavy (non-hydrogen) atoms. The summed E-state index contributed by atoms with van der Waals surface area (Å²) in [6, 6.07) is 5.60. The lowest BCUT2D eigenvalue weighted by atomic mass is 10.1. The van der Waals surface area contributed by atoms with E-state index in [1.807, 2.05) is 23.1 Å². The molecule has 0 aliphatic heterocycles. The second-order valence-electron chi connectivity index (χ2n) is 5.77. The zero-order valence-corrected chi connectivity index (χ0v) is 13.0. The van der Waals surface area contributed by atoms with Crippen LogP contribution in [0.4, 0.5) is 5.82 Å². The maximum Gasteiger partial charge on any atom is 0.130 e. The Morgan fingerprint density at radius 1 is 1.00 bits per heavy atom. The van der Waals surface area contributed by atoms with Crippen molar-refractivity contribution in [1.82, 2.24) is 4.98 Å². The van der Waals surface area contributed by atoms with Crippen LogP contribution in [-0.2, 0) is 0 Å². The molecule has 0 unspecified atom stereocenters. The molecule has 0 aliphatic carbocycles. The molecular weight excluding hydrogens is 264 g/mol. The van der Waals surface area contributed by atoms with Gasteiger partial charge >= 0.3 is 0 Å². The van der Waals surface area contributed by atoms with Crippen molar-refractivity contribution in [3.63, 3.8) is 0 Å². The molecule has 4 nitrogen and oxygen atoms in total. The van der Waals surface area contributed by atoms with Gasteiger partial charge in [0.1, 0.15) is 17.0 Å². The summed E-state index contributed by atoms with van der Waals surface area (Å²) < 4.78 is 0. The number of rotatable bonds is 3. The van der Waals surface area contributed by atoms with E-state index in [1.165, 1.54) is 0 Å². The average molecular weight is 286 g/mol. The third-order valence-corrected chi connectivity index (χ3v) is 2.30. The van der Waals surface area contributed by atoms with E-state index in [4.69, 9.17) is 0 Å². The van der Waals surface area contributed by atoms with Gasteiger partial charge in [-0.3, -0.25) is 0 Å². The highest BCUT2D eigenvalue weighted by molar-refractivity contribution is 5.41. The molecule has 0 aromatic carbocycles. The van der Waals surface area contributed by atoms with Crippen LogP contribution in [0.2, 0.25) is 0 Å². The van der Waals surface area contributed by atoms with Gasteiger partial charge in [-0.1, -0.05) is 29.7 Å². The molecule has 0 atom stereocenters.